The van der Waals surface area contributed by atoms with Crippen LogP contribution in [0.25, 0.3) is 0 Å². The van der Waals surface area contributed by atoms with E-state index in [-0.39, 0.29) is 68.9 Å². The molecule has 26 heteroatoms. The van der Waals surface area contributed by atoms with Crippen LogP contribution in [0, 0.1) is 24.7 Å². The summed E-state index contributed by atoms with van der Waals surface area (Å²) in [6, 6.07) is -0.271. The van der Waals surface area contributed by atoms with E-state index in [4.69, 9.17) is 11.6 Å². The Morgan fingerprint density at radius 2 is 1.21 bits per heavy atom. The van der Waals surface area contributed by atoms with Crippen molar-refractivity contribution in [2.75, 3.05) is 55.4 Å². The smallest absolute Gasteiger partial charge is 0.343 e. The predicted octanol–water partition coefficient (Wildman–Crippen LogP) is 4.99. The molecule has 2 fully saturated rings. The molecule has 2 aromatic carbocycles. The molecule has 0 unspecified atom stereocenters. The highest BCUT2D eigenvalue weighted by Gasteiger charge is 2.46. The zero-order valence-electron chi connectivity index (χ0n) is 56.2. The number of fused-ring (bicyclic) bond motifs is 1. The third kappa shape index (κ3) is 19.6. The highest BCUT2D eigenvalue weighted by atomic mass is 35.5. The number of nitrogens with one attached hydrogen (secondary N) is 4. The van der Waals surface area contributed by atoms with Gasteiger partial charge < -0.3 is 55.6 Å². The average molecular weight is 1300 g/mol. The average Bonchev–Trinajstić information content (AvgIpc) is 0.906. The zero-order valence-corrected chi connectivity index (χ0v) is 56.9. The Morgan fingerprint density at radius 3 is 1.74 bits per heavy atom. The van der Waals surface area contributed by atoms with Gasteiger partial charge in [-0.1, -0.05) is 95.5 Å². The minimum atomic E-state index is -4.77. The number of carbonyl (C=O) groups excluding carboxylic acids is 11. The van der Waals surface area contributed by atoms with Gasteiger partial charge in [-0.15, -0.1) is 0 Å². The molecule has 506 valence electrons. The van der Waals surface area contributed by atoms with Gasteiger partial charge in [0, 0.05) is 67.7 Å². The van der Waals surface area contributed by atoms with Gasteiger partial charge in [-0.3, -0.25) is 52.7 Å². The number of benzene rings is 2. The van der Waals surface area contributed by atoms with E-state index in [9.17, 15) is 65.9 Å². The summed E-state index contributed by atoms with van der Waals surface area (Å²) in [5.74, 6) is -8.35. The van der Waals surface area contributed by atoms with E-state index in [1.54, 1.807) is 39.8 Å². The summed E-state index contributed by atoms with van der Waals surface area (Å²) in [5.41, 5.74) is -0.958. The molecule has 10 atom stereocenters. The van der Waals surface area contributed by atoms with Crippen molar-refractivity contribution in [3.8, 4) is 0 Å². The monoisotopic (exact) mass is 1300 g/mol. The van der Waals surface area contributed by atoms with E-state index in [2.05, 4.69) is 21.3 Å². The standard InChI is InChI=1S/C65H97ClF3N11O11/c1-19-39(7)54-62(90)77(16)42(10)57(85)80-29-28-50(80)61(89)78(17)51(34-44-22-20-38(6)21-23-44)60(88)74(13)35-52(81)70-47(27-25-43-24-26-45(46(66)33-43)65(67,68)69)56(84)71-49(31-37(4)5)59(87)79(18)64(11,12)63(91)72-48(30-36(2)3)58(86)75(14)40(8)32-53(82)76(15)41(9)55(83)73-54/h20-24,26,33,36-37,39-42,47-51,54H,19,25,27-32,34-35H2,1-18H3,(H,70,81)(H,71,84)(H,72,91)(H,73,83)/t39-,40+,41-,42-,47-,48-,49-,50-,51-,54-/m0/s1. The lowest BCUT2D eigenvalue weighted by molar-refractivity contribution is -0.160. The van der Waals surface area contributed by atoms with Crippen LogP contribution in [0.4, 0.5) is 13.2 Å². The van der Waals surface area contributed by atoms with Gasteiger partial charge in [-0.05, 0) is 115 Å². The third-order valence-corrected chi connectivity index (χ3v) is 18.3. The summed E-state index contributed by atoms with van der Waals surface area (Å²) < 4.78 is 41.3. The molecule has 0 aliphatic carbocycles. The Labute approximate surface area is 539 Å². The van der Waals surface area contributed by atoms with Crippen molar-refractivity contribution in [2.45, 2.75) is 201 Å². The van der Waals surface area contributed by atoms with E-state index >= 15 is 0 Å². The van der Waals surface area contributed by atoms with Crippen molar-refractivity contribution in [1.29, 1.82) is 0 Å². The molecule has 2 heterocycles. The van der Waals surface area contributed by atoms with Crippen molar-refractivity contribution in [2.24, 2.45) is 17.8 Å². The molecule has 91 heavy (non-hydrogen) atoms. The highest BCUT2D eigenvalue weighted by molar-refractivity contribution is 6.31. The molecular weight excluding hydrogens is 1200 g/mol. The van der Waals surface area contributed by atoms with E-state index in [1.165, 1.54) is 101 Å². The van der Waals surface area contributed by atoms with Gasteiger partial charge in [0.15, 0.2) is 0 Å². The molecule has 4 rings (SSSR count). The number of likely N-dealkylation sites (N-methyl/N-ethyl adjacent to an activating group) is 6. The summed E-state index contributed by atoms with van der Waals surface area (Å²) in [6.07, 6.45) is -4.65. The zero-order chi connectivity index (χ0) is 69.1. The minimum Gasteiger partial charge on any atom is -0.343 e. The maximum absolute atomic E-state index is 14.8. The summed E-state index contributed by atoms with van der Waals surface area (Å²) in [4.78, 5) is 168. The number of hydrogen-bond acceptors (Lipinski definition) is 11. The number of nitrogens with zero attached hydrogens (tertiary/aromatic N) is 7. The lowest BCUT2D eigenvalue weighted by atomic mass is 9.95. The van der Waals surface area contributed by atoms with E-state index in [0.717, 1.165) is 27.5 Å². The van der Waals surface area contributed by atoms with Crippen LogP contribution < -0.4 is 21.3 Å². The maximum Gasteiger partial charge on any atom is 0.417 e. The number of carbonyl (C=O) groups is 11. The number of hydrogen-bond donors (Lipinski definition) is 4. The second-order valence-corrected chi connectivity index (χ2v) is 26.5. The van der Waals surface area contributed by atoms with Crippen molar-refractivity contribution < 1.29 is 65.9 Å². The lowest BCUT2D eigenvalue weighted by Crippen LogP contribution is -2.65. The first-order valence-corrected chi connectivity index (χ1v) is 31.5. The number of alkyl halides is 3. The molecule has 2 aliphatic heterocycles. The molecule has 0 spiro atoms. The fourth-order valence-electron chi connectivity index (χ4n) is 10.8. The number of amides is 11. The molecule has 0 aromatic heterocycles. The molecule has 2 aromatic rings. The largest absolute Gasteiger partial charge is 0.417 e. The van der Waals surface area contributed by atoms with Gasteiger partial charge in [-0.25, -0.2) is 0 Å². The Balaban J connectivity index is 1.84. The van der Waals surface area contributed by atoms with Crippen LogP contribution in [0.5, 0.6) is 0 Å². The predicted molar refractivity (Wildman–Crippen MR) is 338 cm³/mol. The number of halogens is 4. The van der Waals surface area contributed by atoms with Gasteiger partial charge in [0.1, 0.15) is 53.9 Å². The first-order valence-electron chi connectivity index (χ1n) is 31.2. The van der Waals surface area contributed by atoms with Crippen molar-refractivity contribution >= 4 is 76.6 Å². The summed E-state index contributed by atoms with van der Waals surface area (Å²) in [6.45, 7) is 19.7. The SMILES string of the molecule is CC[C@H](C)[C@@H]1NC(=O)[C@H](C)N(C)C(=O)C[C@@H](C)N(C)C(=O)[C@H](CC(C)C)NC(=O)C(C)(C)N(C)C(=O)[C@H](CC(C)C)NC(=O)[C@H](CCc2ccc(C(F)(F)F)c(Cl)c2)NC(=O)CN(C)C(=O)[C@H](Cc2ccc(C)cc2)N(C)C(=O)[C@@H]2CCN2C(=O)[C@H](C)N(C)C1=O. The van der Waals surface area contributed by atoms with Crippen LogP contribution >= 0.6 is 11.6 Å². The topological polar surface area (TPSA) is 259 Å². The van der Waals surface area contributed by atoms with E-state index in [1.807, 2.05) is 39.8 Å². The quantitative estimate of drug-likeness (QED) is 0.233. The van der Waals surface area contributed by atoms with Crippen LogP contribution in [0.2, 0.25) is 5.02 Å². The van der Waals surface area contributed by atoms with Crippen molar-refractivity contribution in [3.05, 3.63) is 69.7 Å². The first kappa shape index (κ1) is 76.1. The Hall–Kier alpha value is -7.31. The van der Waals surface area contributed by atoms with E-state index < -0.39 is 154 Å². The van der Waals surface area contributed by atoms with Crippen LogP contribution in [0.15, 0.2) is 42.5 Å². The van der Waals surface area contributed by atoms with Crippen LogP contribution in [-0.2, 0) is 71.8 Å². The van der Waals surface area contributed by atoms with Crippen LogP contribution in [0.1, 0.15) is 137 Å². The van der Waals surface area contributed by atoms with E-state index in [0.29, 0.717) is 12.0 Å². The summed E-state index contributed by atoms with van der Waals surface area (Å²) >= 11 is 6.09. The summed E-state index contributed by atoms with van der Waals surface area (Å²) in [5, 5.41) is 10.4. The van der Waals surface area contributed by atoms with Crippen molar-refractivity contribution in [1.82, 2.24) is 55.6 Å². The minimum absolute atomic E-state index is 0.0171. The van der Waals surface area contributed by atoms with Gasteiger partial charge >= 0.3 is 6.18 Å². The molecule has 0 radical (unpaired) electrons. The molecule has 11 amide bonds. The molecule has 0 saturated carbocycles. The fourth-order valence-corrected chi connectivity index (χ4v) is 11.1. The molecule has 2 saturated heterocycles. The molecule has 4 N–H and O–H groups in total. The molecule has 0 bridgehead atoms. The van der Waals surface area contributed by atoms with Gasteiger partial charge in [0.05, 0.1) is 17.1 Å². The first-order chi connectivity index (χ1) is 42.2. The summed E-state index contributed by atoms with van der Waals surface area (Å²) in [7, 11) is 8.39. The van der Waals surface area contributed by atoms with Gasteiger partial charge in [-0.2, -0.15) is 13.2 Å². The molecule has 2 aliphatic rings. The number of rotatable bonds is 11. The Kier molecular flexibility index (Phi) is 27.0. The maximum atomic E-state index is 14.8. The second-order valence-electron chi connectivity index (χ2n) is 26.1. The van der Waals surface area contributed by atoms with Gasteiger partial charge in [0.2, 0.25) is 65.0 Å². The van der Waals surface area contributed by atoms with Crippen molar-refractivity contribution in [3.63, 3.8) is 0 Å². The van der Waals surface area contributed by atoms with Gasteiger partial charge in [0.25, 0.3) is 0 Å². The normalized spacial score (nSPS) is 25.7. The second kappa shape index (κ2) is 32.3. The Morgan fingerprint density at radius 1 is 0.637 bits per heavy atom. The highest BCUT2D eigenvalue weighted by Crippen LogP contribution is 2.35. The molecular formula is C65H97ClF3N11O11. The third-order valence-electron chi connectivity index (χ3n) is 18.0. The molecule has 22 nitrogen and oxygen atoms in total. The Bertz CT molecular complexity index is 2980. The fraction of sp³-hybridized carbons (Fsp3) is 0.646. The van der Waals surface area contributed by atoms with Crippen LogP contribution in [-0.4, -0.2) is 215 Å². The lowest BCUT2D eigenvalue weighted by Gasteiger charge is -2.45. The van der Waals surface area contributed by atoms with Crippen LogP contribution in [0.3, 0.4) is 0 Å². The number of aryl methyl sites for hydroxylation is 2.